The van der Waals surface area contributed by atoms with Crippen molar-refractivity contribution in [2.75, 3.05) is 5.73 Å². The van der Waals surface area contributed by atoms with E-state index in [1.807, 2.05) is 0 Å². The molecular formula is C8H7ClN2O4. The molecule has 0 atom stereocenters. The molecule has 0 aliphatic carbocycles. The molecule has 0 heterocycles. The Balaban J connectivity index is 3.58. The third-order valence-electron chi connectivity index (χ3n) is 1.96. The lowest BCUT2D eigenvalue weighted by atomic mass is 10.1. The zero-order valence-corrected chi connectivity index (χ0v) is 8.41. The lowest BCUT2D eigenvalue weighted by Gasteiger charge is -2.06. The highest BCUT2D eigenvalue weighted by molar-refractivity contribution is 6.33. The standard InChI is InChI=1S/C8H7ClN2O4/c1-3-6(10)4(8(12)13)2-5(9)7(3)11(14)15/h2H,10H2,1H3,(H,12,13). The van der Waals surface area contributed by atoms with E-state index in [1.54, 1.807) is 0 Å². The molecule has 1 aromatic rings. The van der Waals surface area contributed by atoms with Crippen LogP contribution >= 0.6 is 11.6 Å². The average Bonchev–Trinajstić information content (AvgIpc) is 2.10. The van der Waals surface area contributed by atoms with E-state index in [4.69, 9.17) is 22.4 Å². The van der Waals surface area contributed by atoms with Crippen molar-refractivity contribution in [1.29, 1.82) is 0 Å². The van der Waals surface area contributed by atoms with Crippen LogP contribution in [0, 0.1) is 17.0 Å². The van der Waals surface area contributed by atoms with Crippen LogP contribution < -0.4 is 5.73 Å². The fraction of sp³-hybridized carbons (Fsp3) is 0.125. The molecule has 0 saturated heterocycles. The highest BCUT2D eigenvalue weighted by Crippen LogP contribution is 2.34. The lowest BCUT2D eigenvalue weighted by molar-refractivity contribution is -0.385. The molecular weight excluding hydrogens is 224 g/mol. The van der Waals surface area contributed by atoms with Crippen molar-refractivity contribution < 1.29 is 14.8 Å². The van der Waals surface area contributed by atoms with Crippen LogP contribution in [0.15, 0.2) is 6.07 Å². The summed E-state index contributed by atoms with van der Waals surface area (Å²) in [5, 5.41) is 19.1. The number of nitro groups is 1. The van der Waals surface area contributed by atoms with Crippen LogP contribution in [0.3, 0.4) is 0 Å². The molecule has 0 bridgehead atoms. The molecule has 80 valence electrons. The van der Waals surface area contributed by atoms with Gasteiger partial charge in [-0.15, -0.1) is 0 Å². The Morgan fingerprint density at radius 2 is 2.20 bits per heavy atom. The minimum Gasteiger partial charge on any atom is -0.478 e. The number of carbonyl (C=O) groups is 1. The maximum absolute atomic E-state index is 10.7. The van der Waals surface area contributed by atoms with Crippen LogP contribution in [0.4, 0.5) is 11.4 Å². The Hall–Kier alpha value is -1.82. The molecule has 1 aromatic carbocycles. The Morgan fingerprint density at radius 1 is 1.67 bits per heavy atom. The number of rotatable bonds is 2. The predicted octanol–water partition coefficient (Wildman–Crippen LogP) is 1.84. The normalized spacial score (nSPS) is 10.0. The number of carboxylic acids is 1. The maximum atomic E-state index is 10.7. The Kier molecular flexibility index (Phi) is 2.81. The molecule has 3 N–H and O–H groups in total. The summed E-state index contributed by atoms with van der Waals surface area (Å²) in [6.45, 7) is 1.35. The summed E-state index contributed by atoms with van der Waals surface area (Å²) in [6.07, 6.45) is 0. The number of nitrogen functional groups attached to an aromatic ring is 1. The average molecular weight is 231 g/mol. The fourth-order valence-corrected chi connectivity index (χ4v) is 1.50. The van der Waals surface area contributed by atoms with Crippen LogP contribution in [-0.4, -0.2) is 16.0 Å². The van der Waals surface area contributed by atoms with Gasteiger partial charge in [-0.05, 0) is 13.0 Å². The number of hydrogen-bond donors (Lipinski definition) is 2. The van der Waals surface area contributed by atoms with Gasteiger partial charge in [0.1, 0.15) is 5.02 Å². The van der Waals surface area contributed by atoms with Gasteiger partial charge in [0.25, 0.3) is 5.69 Å². The number of benzene rings is 1. The number of nitrogens with zero attached hydrogens (tertiary/aromatic N) is 1. The molecule has 0 unspecified atom stereocenters. The number of nitro benzene ring substituents is 1. The third kappa shape index (κ3) is 1.84. The smallest absolute Gasteiger partial charge is 0.337 e. The second-order valence-corrected chi connectivity index (χ2v) is 3.26. The summed E-state index contributed by atoms with van der Waals surface area (Å²) in [5.74, 6) is -1.27. The molecule has 0 amide bonds. The fourth-order valence-electron chi connectivity index (χ4n) is 1.18. The first-order valence-electron chi connectivity index (χ1n) is 3.82. The SMILES string of the molecule is Cc1c(N)c(C(=O)O)cc(Cl)c1[N+](=O)[O-]. The Morgan fingerprint density at radius 3 is 2.60 bits per heavy atom. The summed E-state index contributed by atoms with van der Waals surface area (Å²) in [5.41, 5.74) is 4.77. The molecule has 0 spiro atoms. The van der Waals surface area contributed by atoms with Crippen LogP contribution in [0.25, 0.3) is 0 Å². The molecule has 0 radical (unpaired) electrons. The number of nitrogens with two attached hydrogens (primary N) is 1. The van der Waals surface area contributed by atoms with E-state index in [2.05, 4.69) is 0 Å². The van der Waals surface area contributed by atoms with Crippen molar-refractivity contribution in [3.8, 4) is 0 Å². The van der Waals surface area contributed by atoms with Crippen molar-refractivity contribution in [2.45, 2.75) is 6.92 Å². The molecule has 0 saturated carbocycles. The van der Waals surface area contributed by atoms with Gasteiger partial charge < -0.3 is 10.8 Å². The van der Waals surface area contributed by atoms with Crippen LogP contribution in [0.2, 0.25) is 5.02 Å². The zero-order valence-electron chi connectivity index (χ0n) is 7.65. The summed E-state index contributed by atoms with van der Waals surface area (Å²) in [6, 6.07) is 0.977. The summed E-state index contributed by atoms with van der Waals surface area (Å²) in [7, 11) is 0. The zero-order chi connectivity index (χ0) is 11.7. The van der Waals surface area contributed by atoms with E-state index >= 15 is 0 Å². The van der Waals surface area contributed by atoms with Gasteiger partial charge in [0, 0.05) is 0 Å². The third-order valence-corrected chi connectivity index (χ3v) is 2.25. The molecule has 0 aliphatic rings. The first-order chi connectivity index (χ1) is 6.86. The molecule has 1 rings (SSSR count). The summed E-state index contributed by atoms with van der Waals surface area (Å²) < 4.78 is 0. The quantitative estimate of drug-likeness (QED) is 0.458. The monoisotopic (exact) mass is 230 g/mol. The van der Waals surface area contributed by atoms with Crippen LogP contribution in [0.1, 0.15) is 15.9 Å². The number of carboxylic acid groups (broad SMARTS) is 1. The van der Waals surface area contributed by atoms with E-state index < -0.39 is 10.9 Å². The van der Waals surface area contributed by atoms with Crippen molar-refractivity contribution in [3.63, 3.8) is 0 Å². The van der Waals surface area contributed by atoms with Crippen LogP contribution in [0.5, 0.6) is 0 Å². The van der Waals surface area contributed by atoms with Gasteiger partial charge in [-0.1, -0.05) is 11.6 Å². The van der Waals surface area contributed by atoms with E-state index in [-0.39, 0.29) is 27.5 Å². The topological polar surface area (TPSA) is 106 Å². The van der Waals surface area contributed by atoms with Gasteiger partial charge in [-0.25, -0.2) is 4.79 Å². The van der Waals surface area contributed by atoms with Gasteiger partial charge in [-0.3, -0.25) is 10.1 Å². The van der Waals surface area contributed by atoms with Crippen LogP contribution in [-0.2, 0) is 0 Å². The maximum Gasteiger partial charge on any atom is 0.337 e. The Bertz CT molecular complexity index is 458. The largest absolute Gasteiger partial charge is 0.478 e. The number of hydrogen-bond acceptors (Lipinski definition) is 4. The van der Waals surface area contributed by atoms with Crippen molar-refractivity contribution >= 4 is 28.9 Å². The molecule has 0 aliphatic heterocycles. The van der Waals surface area contributed by atoms with Gasteiger partial charge in [0.15, 0.2) is 0 Å². The minimum atomic E-state index is -1.27. The molecule has 0 aromatic heterocycles. The summed E-state index contributed by atoms with van der Waals surface area (Å²) in [4.78, 5) is 20.6. The van der Waals surface area contributed by atoms with Crippen molar-refractivity contribution in [2.24, 2.45) is 0 Å². The summed E-state index contributed by atoms with van der Waals surface area (Å²) >= 11 is 5.59. The second-order valence-electron chi connectivity index (χ2n) is 2.86. The molecule has 0 fully saturated rings. The van der Waals surface area contributed by atoms with Gasteiger partial charge in [0.2, 0.25) is 0 Å². The van der Waals surface area contributed by atoms with Gasteiger partial charge >= 0.3 is 5.97 Å². The molecule has 6 nitrogen and oxygen atoms in total. The van der Waals surface area contributed by atoms with Crippen molar-refractivity contribution in [1.82, 2.24) is 0 Å². The van der Waals surface area contributed by atoms with E-state index in [9.17, 15) is 14.9 Å². The molecule has 15 heavy (non-hydrogen) atoms. The van der Waals surface area contributed by atoms with E-state index in [1.165, 1.54) is 6.92 Å². The minimum absolute atomic E-state index is 0.0601. The highest BCUT2D eigenvalue weighted by atomic mass is 35.5. The van der Waals surface area contributed by atoms with E-state index in [0.29, 0.717) is 0 Å². The number of anilines is 1. The van der Waals surface area contributed by atoms with Crippen molar-refractivity contribution in [3.05, 3.63) is 32.3 Å². The first kappa shape index (κ1) is 11.3. The Labute approximate surface area is 89.4 Å². The van der Waals surface area contributed by atoms with E-state index in [0.717, 1.165) is 6.07 Å². The number of halogens is 1. The second kappa shape index (κ2) is 3.74. The van der Waals surface area contributed by atoms with Gasteiger partial charge in [0.05, 0.1) is 21.7 Å². The molecule has 7 heteroatoms. The highest BCUT2D eigenvalue weighted by Gasteiger charge is 2.23. The lowest BCUT2D eigenvalue weighted by Crippen LogP contribution is -2.06. The predicted molar refractivity (Wildman–Crippen MR) is 54.2 cm³/mol. The van der Waals surface area contributed by atoms with Gasteiger partial charge in [-0.2, -0.15) is 0 Å². The first-order valence-corrected chi connectivity index (χ1v) is 4.20. The number of aromatic carboxylic acids is 1.